The van der Waals surface area contributed by atoms with Gasteiger partial charge in [0.05, 0.1) is 16.3 Å². The maximum absolute atomic E-state index is 12.8. The summed E-state index contributed by atoms with van der Waals surface area (Å²) >= 11 is 5.75. The van der Waals surface area contributed by atoms with Crippen LogP contribution in [0.4, 0.5) is 13.2 Å². The van der Waals surface area contributed by atoms with Crippen LogP contribution >= 0.6 is 11.6 Å². The van der Waals surface area contributed by atoms with Gasteiger partial charge in [0.2, 0.25) is 5.91 Å². The van der Waals surface area contributed by atoms with Crippen LogP contribution in [0, 0.1) is 0 Å². The van der Waals surface area contributed by atoms with Crippen molar-refractivity contribution in [3.63, 3.8) is 0 Å². The summed E-state index contributed by atoms with van der Waals surface area (Å²) in [7, 11) is 0.881. The fourth-order valence-corrected chi connectivity index (χ4v) is 2.19. The number of nitrogens with two attached hydrogens (primary N) is 1. The lowest BCUT2D eigenvalue weighted by molar-refractivity contribution is -0.144. The summed E-state index contributed by atoms with van der Waals surface area (Å²) in [5.41, 5.74) is 1.02. The summed E-state index contributed by atoms with van der Waals surface area (Å²) < 4.78 is 39.1. The number of carbonyl (C=O) groups excluding carboxylic acids is 1. The molecule has 0 aliphatic rings. The Bertz CT molecular complexity index is 915. The molecule has 122 valence electrons. The van der Waals surface area contributed by atoms with Gasteiger partial charge in [-0.3, -0.25) is 14.2 Å². The molecule has 6 nitrogen and oxygen atoms in total. The van der Waals surface area contributed by atoms with Crippen LogP contribution in [0.25, 0.3) is 5.69 Å². The van der Waals surface area contributed by atoms with Crippen LogP contribution in [0.5, 0.6) is 0 Å². The van der Waals surface area contributed by atoms with Crippen molar-refractivity contribution in [2.24, 2.45) is 12.8 Å². The summed E-state index contributed by atoms with van der Waals surface area (Å²) in [5, 5.41) is -0.0157. The highest BCUT2D eigenvalue weighted by molar-refractivity contribution is 6.33. The SMILES string of the molecule is Cn1c(C(F)(F)F)cc(=O)n(-c2ccc(Cl)c(C(N)=O)c2)c1=O. The van der Waals surface area contributed by atoms with Crippen LogP contribution in [-0.4, -0.2) is 15.0 Å². The lowest BCUT2D eigenvalue weighted by Crippen LogP contribution is -2.40. The molecule has 0 saturated carbocycles. The molecule has 2 rings (SSSR count). The molecule has 2 aromatic rings. The van der Waals surface area contributed by atoms with E-state index in [1.807, 2.05) is 0 Å². The van der Waals surface area contributed by atoms with Gasteiger partial charge in [-0.2, -0.15) is 13.2 Å². The number of hydrogen-bond donors (Lipinski definition) is 1. The molecule has 1 aromatic heterocycles. The lowest BCUT2D eigenvalue weighted by Gasteiger charge is -2.14. The molecule has 0 radical (unpaired) electrons. The van der Waals surface area contributed by atoms with Gasteiger partial charge >= 0.3 is 11.9 Å². The van der Waals surface area contributed by atoms with Gasteiger partial charge in [0.1, 0.15) is 5.69 Å². The molecule has 0 spiro atoms. The van der Waals surface area contributed by atoms with Crippen LogP contribution in [0.1, 0.15) is 16.1 Å². The fraction of sp³-hybridized carbons (Fsp3) is 0.154. The molecular formula is C13H9ClF3N3O3. The highest BCUT2D eigenvalue weighted by Crippen LogP contribution is 2.27. The van der Waals surface area contributed by atoms with Gasteiger partial charge < -0.3 is 5.73 Å². The Balaban J connectivity index is 2.79. The van der Waals surface area contributed by atoms with E-state index in [1.54, 1.807) is 0 Å². The summed E-state index contributed by atoms with van der Waals surface area (Å²) in [6, 6.07) is 3.77. The van der Waals surface area contributed by atoms with Gasteiger partial charge in [0, 0.05) is 13.1 Å². The van der Waals surface area contributed by atoms with Crippen molar-refractivity contribution in [1.82, 2.24) is 9.13 Å². The molecule has 0 bridgehead atoms. The first-order valence-electron chi connectivity index (χ1n) is 6.04. The Kier molecular flexibility index (Phi) is 4.08. The molecule has 1 heterocycles. The van der Waals surface area contributed by atoms with Crippen LogP contribution < -0.4 is 17.0 Å². The maximum Gasteiger partial charge on any atom is 0.431 e. The molecule has 23 heavy (non-hydrogen) atoms. The van der Waals surface area contributed by atoms with E-state index in [2.05, 4.69) is 0 Å². The molecular weight excluding hydrogens is 339 g/mol. The largest absolute Gasteiger partial charge is 0.431 e. The minimum Gasteiger partial charge on any atom is -0.366 e. The molecule has 0 aliphatic heterocycles. The van der Waals surface area contributed by atoms with Crippen molar-refractivity contribution in [2.45, 2.75) is 6.18 Å². The second-order valence-corrected chi connectivity index (χ2v) is 4.98. The molecule has 0 fully saturated rings. The highest BCUT2D eigenvalue weighted by atomic mass is 35.5. The molecule has 2 N–H and O–H groups in total. The molecule has 0 unspecified atom stereocenters. The average molecular weight is 348 g/mol. The van der Waals surface area contributed by atoms with Gasteiger partial charge in [-0.25, -0.2) is 9.36 Å². The zero-order valence-electron chi connectivity index (χ0n) is 11.5. The summed E-state index contributed by atoms with van der Waals surface area (Å²) in [6.45, 7) is 0. The van der Waals surface area contributed by atoms with E-state index in [0.29, 0.717) is 15.2 Å². The number of halogens is 4. The van der Waals surface area contributed by atoms with Gasteiger partial charge in [-0.1, -0.05) is 11.6 Å². The number of nitrogens with zero attached hydrogens (tertiary/aromatic N) is 2. The van der Waals surface area contributed by atoms with Crippen molar-refractivity contribution in [3.05, 3.63) is 61.4 Å². The Morgan fingerprint density at radius 1 is 1.22 bits per heavy atom. The Morgan fingerprint density at radius 3 is 2.35 bits per heavy atom. The number of amides is 1. The Hall–Kier alpha value is -2.55. The quantitative estimate of drug-likeness (QED) is 0.888. The Morgan fingerprint density at radius 2 is 1.83 bits per heavy atom. The molecule has 0 aliphatic carbocycles. The third-order valence-electron chi connectivity index (χ3n) is 3.08. The minimum atomic E-state index is -4.86. The number of carbonyl (C=O) groups is 1. The van der Waals surface area contributed by atoms with Crippen molar-refractivity contribution < 1.29 is 18.0 Å². The molecule has 0 atom stereocenters. The monoisotopic (exact) mass is 347 g/mol. The first-order chi connectivity index (χ1) is 10.5. The second-order valence-electron chi connectivity index (χ2n) is 4.57. The summed E-state index contributed by atoms with van der Waals surface area (Å²) in [5.74, 6) is -0.909. The lowest BCUT2D eigenvalue weighted by atomic mass is 10.2. The normalized spacial score (nSPS) is 11.5. The highest BCUT2D eigenvalue weighted by Gasteiger charge is 2.35. The second kappa shape index (κ2) is 5.58. The number of aromatic nitrogens is 2. The average Bonchev–Trinajstić information content (AvgIpc) is 2.43. The van der Waals surface area contributed by atoms with Gasteiger partial charge in [0.25, 0.3) is 5.56 Å². The fourth-order valence-electron chi connectivity index (χ4n) is 1.98. The van der Waals surface area contributed by atoms with Gasteiger partial charge in [0.15, 0.2) is 0 Å². The predicted octanol–water partition coefficient (Wildman–Crippen LogP) is 1.31. The summed E-state index contributed by atoms with van der Waals surface area (Å²) in [4.78, 5) is 35.3. The van der Waals surface area contributed by atoms with E-state index in [1.165, 1.54) is 12.1 Å². The zero-order valence-corrected chi connectivity index (χ0v) is 12.3. The first kappa shape index (κ1) is 16.8. The van der Waals surface area contributed by atoms with E-state index in [9.17, 15) is 27.6 Å². The Labute approximate surface area is 131 Å². The van der Waals surface area contributed by atoms with E-state index in [0.717, 1.165) is 13.1 Å². The van der Waals surface area contributed by atoms with E-state index < -0.39 is 29.0 Å². The van der Waals surface area contributed by atoms with Crippen LogP contribution in [-0.2, 0) is 13.2 Å². The number of alkyl halides is 3. The molecule has 1 amide bonds. The van der Waals surface area contributed by atoms with E-state index in [-0.39, 0.29) is 16.3 Å². The van der Waals surface area contributed by atoms with E-state index >= 15 is 0 Å². The zero-order chi connectivity index (χ0) is 17.5. The summed E-state index contributed by atoms with van der Waals surface area (Å²) in [6.07, 6.45) is -4.86. The molecule has 10 heteroatoms. The number of benzene rings is 1. The van der Waals surface area contributed by atoms with Gasteiger partial charge in [-0.15, -0.1) is 0 Å². The molecule has 0 saturated heterocycles. The number of rotatable bonds is 2. The van der Waals surface area contributed by atoms with Crippen molar-refractivity contribution >= 4 is 17.5 Å². The first-order valence-corrected chi connectivity index (χ1v) is 6.42. The van der Waals surface area contributed by atoms with Crippen molar-refractivity contribution in [3.8, 4) is 5.69 Å². The molecule has 1 aromatic carbocycles. The van der Waals surface area contributed by atoms with E-state index in [4.69, 9.17) is 17.3 Å². The number of hydrogen-bond acceptors (Lipinski definition) is 3. The van der Waals surface area contributed by atoms with Crippen LogP contribution in [0.3, 0.4) is 0 Å². The smallest absolute Gasteiger partial charge is 0.366 e. The van der Waals surface area contributed by atoms with Crippen LogP contribution in [0.15, 0.2) is 33.9 Å². The number of primary amides is 1. The third kappa shape index (κ3) is 3.00. The van der Waals surface area contributed by atoms with Gasteiger partial charge in [-0.05, 0) is 18.2 Å². The van der Waals surface area contributed by atoms with Crippen LogP contribution in [0.2, 0.25) is 5.02 Å². The maximum atomic E-state index is 12.8. The van der Waals surface area contributed by atoms with Crippen molar-refractivity contribution in [2.75, 3.05) is 0 Å². The third-order valence-corrected chi connectivity index (χ3v) is 3.41. The van der Waals surface area contributed by atoms with Crippen molar-refractivity contribution in [1.29, 1.82) is 0 Å². The topological polar surface area (TPSA) is 87.1 Å². The minimum absolute atomic E-state index is 0.0157. The standard InChI is InChI=1S/C13H9ClF3N3O3/c1-19-9(13(15,16)17)5-10(21)20(12(19)23)6-2-3-8(14)7(4-6)11(18)22/h2-5H,1H3,(H2,18,22). The predicted molar refractivity (Wildman–Crippen MR) is 75.8 cm³/mol.